The Bertz CT molecular complexity index is 1710. The van der Waals surface area contributed by atoms with Crippen molar-refractivity contribution >= 4 is 21.6 Å². The summed E-state index contributed by atoms with van der Waals surface area (Å²) in [7, 11) is 4.76. The van der Waals surface area contributed by atoms with Crippen molar-refractivity contribution in [2.75, 3.05) is 32.8 Å². The van der Waals surface area contributed by atoms with Gasteiger partial charge in [-0.1, -0.05) is 40.2 Å². The van der Waals surface area contributed by atoms with Gasteiger partial charge in [-0.25, -0.2) is 4.68 Å². The summed E-state index contributed by atoms with van der Waals surface area (Å²) < 4.78 is 61.4. The Hall–Kier alpha value is -4.58. The molecule has 0 unspecified atom stereocenters. The molecule has 0 radical (unpaired) electrons. The Morgan fingerprint density at radius 3 is 1.87 bits per heavy atom. The van der Waals surface area contributed by atoms with Crippen LogP contribution < -0.4 is 19.1 Å². The van der Waals surface area contributed by atoms with Crippen LogP contribution in [-0.2, 0) is 25.7 Å². The largest absolute Gasteiger partial charge is 0.497 e. The van der Waals surface area contributed by atoms with Crippen LogP contribution in [0.3, 0.4) is 0 Å². The highest BCUT2D eigenvalue weighted by atomic mass is 79.9. The molecule has 5 aromatic rings. The summed E-state index contributed by atoms with van der Waals surface area (Å²) in [4.78, 5) is 2.03. The minimum absolute atomic E-state index is 0.0567. The van der Waals surface area contributed by atoms with E-state index in [9.17, 15) is 13.2 Å². The second kappa shape index (κ2) is 14.0. The van der Waals surface area contributed by atoms with Gasteiger partial charge in [0.1, 0.15) is 17.2 Å². The lowest BCUT2D eigenvalue weighted by Gasteiger charge is -2.27. The van der Waals surface area contributed by atoms with Crippen LogP contribution in [0.4, 0.5) is 18.9 Å². The third kappa shape index (κ3) is 7.56. The zero-order chi connectivity index (χ0) is 32.0. The molecular formula is C33H31BrF3N5O3. The van der Waals surface area contributed by atoms with E-state index in [2.05, 4.69) is 31.5 Å². The van der Waals surface area contributed by atoms with E-state index >= 15 is 0 Å². The number of rotatable bonds is 12. The summed E-state index contributed by atoms with van der Waals surface area (Å²) in [5, 5.41) is 12.1. The summed E-state index contributed by atoms with van der Waals surface area (Å²) in [5.74, 6) is 2.32. The summed E-state index contributed by atoms with van der Waals surface area (Å²) in [5.41, 5.74) is 2.32. The average molecular weight is 683 g/mol. The fraction of sp³-hybridized carbons (Fsp3) is 0.242. The molecule has 0 fully saturated rings. The third-order valence-electron chi connectivity index (χ3n) is 7.42. The van der Waals surface area contributed by atoms with E-state index in [1.54, 1.807) is 21.3 Å². The van der Waals surface area contributed by atoms with Crippen LogP contribution in [0.25, 0.3) is 11.4 Å². The maximum atomic E-state index is 14.5. The monoisotopic (exact) mass is 681 g/mol. The van der Waals surface area contributed by atoms with Crippen LogP contribution in [-0.4, -0.2) is 48.1 Å². The number of alkyl halides is 3. The van der Waals surface area contributed by atoms with Gasteiger partial charge in [-0.05, 0) is 94.2 Å². The molecule has 0 aliphatic carbocycles. The maximum Gasteiger partial charge on any atom is 0.416 e. The molecule has 45 heavy (non-hydrogen) atoms. The highest BCUT2D eigenvalue weighted by Gasteiger charge is 2.36. The maximum absolute atomic E-state index is 14.5. The van der Waals surface area contributed by atoms with Crippen molar-refractivity contribution in [1.82, 2.24) is 20.2 Å². The van der Waals surface area contributed by atoms with Crippen molar-refractivity contribution in [3.8, 4) is 28.6 Å². The number of aromatic nitrogens is 4. The minimum Gasteiger partial charge on any atom is -0.497 e. The van der Waals surface area contributed by atoms with Crippen molar-refractivity contribution < 1.29 is 27.4 Å². The zero-order valence-electron chi connectivity index (χ0n) is 24.9. The van der Waals surface area contributed by atoms with Gasteiger partial charge < -0.3 is 19.1 Å². The smallest absolute Gasteiger partial charge is 0.416 e. The van der Waals surface area contributed by atoms with E-state index in [1.807, 2.05) is 77.7 Å². The quantitative estimate of drug-likeness (QED) is 0.135. The van der Waals surface area contributed by atoms with Gasteiger partial charge in [-0.15, -0.1) is 5.10 Å². The summed E-state index contributed by atoms with van der Waals surface area (Å²) in [6.45, 7) is 0.977. The van der Waals surface area contributed by atoms with Gasteiger partial charge >= 0.3 is 6.18 Å². The predicted octanol–water partition coefficient (Wildman–Crippen LogP) is 7.44. The molecule has 0 aliphatic heterocycles. The van der Waals surface area contributed by atoms with Crippen molar-refractivity contribution in [3.05, 3.63) is 112 Å². The van der Waals surface area contributed by atoms with Crippen LogP contribution in [0, 0.1) is 0 Å². The molecule has 0 N–H and O–H groups in total. The lowest BCUT2D eigenvalue weighted by atomic mass is 9.96. The number of ether oxygens (including phenoxy) is 3. The molecule has 234 valence electrons. The topological polar surface area (TPSA) is 74.5 Å². The molecule has 0 spiro atoms. The molecule has 1 heterocycles. The standard InChI is InChI=1S/C33H31BrF3N5O3/c1-43-25-10-4-22(5-11-25)20-41(24-8-14-27(45-3)15-9-24)19-18-28-29(33(35,36)37)16-17-30(34)31(28)32-38-39-40-42(32)21-23-6-12-26(44-2)13-7-23/h4-17H,18-21H2,1-3H3. The van der Waals surface area contributed by atoms with Gasteiger partial charge in [-0.2, -0.15) is 13.2 Å². The first-order chi connectivity index (χ1) is 21.7. The van der Waals surface area contributed by atoms with E-state index < -0.39 is 11.7 Å². The fourth-order valence-corrected chi connectivity index (χ4v) is 5.62. The van der Waals surface area contributed by atoms with Crippen molar-refractivity contribution in [1.29, 1.82) is 0 Å². The van der Waals surface area contributed by atoms with E-state index in [1.165, 1.54) is 10.7 Å². The minimum atomic E-state index is -4.60. The molecule has 0 bridgehead atoms. The zero-order valence-corrected chi connectivity index (χ0v) is 26.5. The highest BCUT2D eigenvalue weighted by molar-refractivity contribution is 9.10. The molecule has 0 saturated heterocycles. The first-order valence-electron chi connectivity index (χ1n) is 14.0. The average Bonchev–Trinajstić information content (AvgIpc) is 3.50. The fourth-order valence-electron chi connectivity index (χ4n) is 5.07. The molecule has 5 rings (SSSR count). The SMILES string of the molecule is COc1ccc(CN(CCc2c(C(F)(F)F)ccc(Br)c2-c2nnnn2Cc2ccc(OC)cc2)c2ccc(OC)cc2)cc1. The second-order valence-electron chi connectivity index (χ2n) is 10.2. The number of methoxy groups -OCH3 is 3. The molecule has 0 atom stereocenters. The molecule has 4 aromatic carbocycles. The number of anilines is 1. The molecule has 8 nitrogen and oxygen atoms in total. The molecule has 12 heteroatoms. The summed E-state index contributed by atoms with van der Waals surface area (Å²) in [6, 6.07) is 24.9. The summed E-state index contributed by atoms with van der Waals surface area (Å²) in [6.07, 6.45) is -4.54. The van der Waals surface area contributed by atoms with Crippen molar-refractivity contribution in [2.24, 2.45) is 0 Å². The number of hydrogen-bond donors (Lipinski definition) is 0. The molecule has 0 amide bonds. The summed E-state index contributed by atoms with van der Waals surface area (Å²) >= 11 is 3.51. The number of nitrogens with zero attached hydrogens (tertiary/aromatic N) is 5. The van der Waals surface area contributed by atoms with Crippen LogP contribution in [0.1, 0.15) is 22.3 Å². The van der Waals surface area contributed by atoms with Gasteiger partial charge in [0.25, 0.3) is 0 Å². The molecular weight excluding hydrogens is 651 g/mol. The van der Waals surface area contributed by atoms with Crippen LogP contribution in [0.5, 0.6) is 17.2 Å². The van der Waals surface area contributed by atoms with E-state index in [0.717, 1.165) is 28.6 Å². The molecule has 1 aromatic heterocycles. The third-order valence-corrected chi connectivity index (χ3v) is 8.08. The number of hydrogen-bond acceptors (Lipinski definition) is 7. The van der Waals surface area contributed by atoms with Gasteiger partial charge in [0, 0.05) is 28.8 Å². The van der Waals surface area contributed by atoms with Gasteiger partial charge in [0.2, 0.25) is 0 Å². The first-order valence-corrected chi connectivity index (χ1v) is 14.8. The van der Waals surface area contributed by atoms with E-state index in [-0.39, 0.29) is 30.9 Å². The van der Waals surface area contributed by atoms with Gasteiger partial charge in [0.05, 0.1) is 33.4 Å². The molecule has 0 saturated carbocycles. The lowest BCUT2D eigenvalue weighted by molar-refractivity contribution is -0.138. The Labute approximate surface area is 267 Å². The molecule has 0 aliphatic rings. The Morgan fingerprint density at radius 2 is 1.31 bits per heavy atom. The van der Waals surface area contributed by atoms with Gasteiger partial charge in [-0.3, -0.25) is 0 Å². The Balaban J connectivity index is 1.53. The van der Waals surface area contributed by atoms with Crippen LogP contribution >= 0.6 is 15.9 Å². The van der Waals surface area contributed by atoms with Crippen LogP contribution in [0.15, 0.2) is 89.4 Å². The van der Waals surface area contributed by atoms with Gasteiger partial charge in [0.15, 0.2) is 5.82 Å². The Kier molecular flexibility index (Phi) is 9.92. The first kappa shape index (κ1) is 31.8. The predicted molar refractivity (Wildman–Crippen MR) is 169 cm³/mol. The van der Waals surface area contributed by atoms with E-state index in [0.29, 0.717) is 28.1 Å². The van der Waals surface area contributed by atoms with E-state index in [4.69, 9.17) is 14.2 Å². The Morgan fingerprint density at radius 1 is 0.756 bits per heavy atom. The van der Waals surface area contributed by atoms with Crippen molar-refractivity contribution in [3.63, 3.8) is 0 Å². The second-order valence-corrected chi connectivity index (χ2v) is 11.0. The number of halogens is 4. The lowest BCUT2D eigenvalue weighted by Crippen LogP contribution is -2.26. The highest BCUT2D eigenvalue weighted by Crippen LogP contribution is 2.40. The normalized spacial score (nSPS) is 11.4. The number of tetrazole rings is 1. The van der Waals surface area contributed by atoms with Crippen molar-refractivity contribution in [2.45, 2.75) is 25.7 Å². The number of benzene rings is 4. The van der Waals surface area contributed by atoms with Crippen LogP contribution in [0.2, 0.25) is 0 Å².